The van der Waals surface area contributed by atoms with Crippen molar-refractivity contribution >= 4 is 21.9 Å². The average Bonchev–Trinajstić information content (AvgIpc) is 3.42. The minimum absolute atomic E-state index is 0. The monoisotopic (exact) mass is 706 g/mol. The molecule has 0 atom stereocenters. The Hall–Kier alpha value is -3.59. The van der Waals surface area contributed by atoms with Crippen LogP contribution in [0.5, 0.6) is 0 Å². The van der Waals surface area contributed by atoms with Gasteiger partial charge < -0.3 is 14.4 Å². The Morgan fingerprint density at radius 2 is 1.75 bits per heavy atom. The second-order valence-electron chi connectivity index (χ2n) is 10.0. The van der Waals surface area contributed by atoms with Crippen molar-refractivity contribution in [1.82, 2.24) is 9.97 Å². The summed E-state index contributed by atoms with van der Waals surface area (Å²) in [5.74, 6) is 0.757. The molecule has 40 heavy (non-hydrogen) atoms. The van der Waals surface area contributed by atoms with Gasteiger partial charge in [0.15, 0.2) is 0 Å². The number of rotatable bonds is 3. The molecule has 1 radical (unpaired) electrons. The summed E-state index contributed by atoms with van der Waals surface area (Å²) >= 11 is 0. The van der Waals surface area contributed by atoms with Crippen LogP contribution in [0.4, 0.5) is 0 Å². The molecule has 0 N–H and O–H groups in total. The van der Waals surface area contributed by atoms with E-state index in [1.807, 2.05) is 49.5 Å². The standard InChI is InChI=1S/C19H14NO.C17H18N.Ir/c1-12-6-9-17(20-11-12)14-7-8-15-16-5-3-4-13(2)19(16)21-18(15)10-14;1-2-6-14(7-3-1)15-9-11-16(12-10-15)17-8-4-5-13-18-17;/h3-6,8-11H,1-2H3;4-5,8-11,13-14H,1-3,6-7H2;/q2*-1;/i1D3,6D,9D;;. The summed E-state index contributed by atoms with van der Waals surface area (Å²) in [6.45, 7) is -0.499. The number of fused-ring (bicyclic) bond motifs is 3. The van der Waals surface area contributed by atoms with Crippen LogP contribution in [0.2, 0.25) is 0 Å². The Kier molecular flexibility index (Phi) is 7.04. The number of para-hydroxylation sites is 1. The van der Waals surface area contributed by atoms with E-state index >= 15 is 0 Å². The molecule has 3 aromatic carbocycles. The minimum Gasteiger partial charge on any atom is -0.476 e. The molecule has 1 saturated carbocycles. The first-order valence-corrected chi connectivity index (χ1v) is 13.4. The predicted molar refractivity (Wildman–Crippen MR) is 160 cm³/mol. The molecule has 203 valence electrons. The zero-order valence-electron chi connectivity index (χ0n) is 27.3. The molecular weight excluding hydrogens is 669 g/mol. The maximum absolute atomic E-state index is 8.15. The van der Waals surface area contributed by atoms with Crippen molar-refractivity contribution < 1.29 is 31.4 Å². The minimum atomic E-state index is -2.47. The van der Waals surface area contributed by atoms with E-state index in [1.54, 1.807) is 12.1 Å². The second-order valence-corrected chi connectivity index (χ2v) is 10.0. The van der Waals surface area contributed by atoms with Gasteiger partial charge >= 0.3 is 0 Å². The van der Waals surface area contributed by atoms with Gasteiger partial charge in [-0.25, -0.2) is 0 Å². The van der Waals surface area contributed by atoms with Gasteiger partial charge in [-0.2, -0.15) is 0 Å². The number of aromatic nitrogens is 2. The van der Waals surface area contributed by atoms with E-state index in [1.165, 1.54) is 37.7 Å². The molecule has 3 heterocycles. The Labute approximate surface area is 257 Å². The Balaban J connectivity index is 0.000000185. The smallest absolute Gasteiger partial charge is 0.126 e. The molecule has 7 rings (SSSR count). The van der Waals surface area contributed by atoms with Crippen LogP contribution in [0.25, 0.3) is 44.5 Å². The number of benzene rings is 3. The van der Waals surface area contributed by atoms with E-state index in [2.05, 4.69) is 40.3 Å². The van der Waals surface area contributed by atoms with E-state index in [0.717, 1.165) is 45.3 Å². The van der Waals surface area contributed by atoms with Gasteiger partial charge in [-0.1, -0.05) is 91.9 Å². The van der Waals surface area contributed by atoms with Gasteiger partial charge in [-0.3, -0.25) is 0 Å². The summed E-state index contributed by atoms with van der Waals surface area (Å²) in [5, 5.41) is 1.89. The fourth-order valence-corrected chi connectivity index (χ4v) is 5.28. The van der Waals surface area contributed by atoms with Crippen LogP contribution >= 0.6 is 0 Å². The normalized spacial score (nSPS) is 15.6. The average molecular weight is 706 g/mol. The molecule has 0 spiro atoms. The van der Waals surface area contributed by atoms with Crippen molar-refractivity contribution in [2.75, 3.05) is 0 Å². The van der Waals surface area contributed by atoms with Crippen molar-refractivity contribution in [2.45, 2.75) is 51.8 Å². The van der Waals surface area contributed by atoms with Gasteiger partial charge in [0.05, 0.1) is 8.32 Å². The molecule has 0 saturated heterocycles. The molecule has 3 aromatic heterocycles. The maximum Gasteiger partial charge on any atom is 0.126 e. The van der Waals surface area contributed by atoms with Gasteiger partial charge in [-0.15, -0.1) is 53.1 Å². The van der Waals surface area contributed by atoms with Crippen LogP contribution in [-0.2, 0) is 20.1 Å². The second kappa shape index (κ2) is 12.7. The largest absolute Gasteiger partial charge is 0.476 e. The first-order chi connectivity index (χ1) is 21.2. The number of hydrogen-bond acceptors (Lipinski definition) is 3. The number of nitrogens with zero attached hydrogens (tertiary/aromatic N) is 2. The van der Waals surface area contributed by atoms with Crippen molar-refractivity contribution in [2.24, 2.45) is 0 Å². The summed E-state index contributed by atoms with van der Waals surface area (Å²) < 4.78 is 44.4. The van der Waals surface area contributed by atoms with Crippen molar-refractivity contribution in [3.63, 3.8) is 0 Å². The number of furan rings is 1. The third kappa shape index (κ3) is 6.09. The Morgan fingerprint density at radius 1 is 0.875 bits per heavy atom. The molecule has 0 amide bonds. The van der Waals surface area contributed by atoms with Crippen LogP contribution in [-0.4, -0.2) is 9.97 Å². The van der Waals surface area contributed by atoms with Gasteiger partial charge in [0.1, 0.15) is 5.58 Å². The molecule has 3 nitrogen and oxygen atoms in total. The van der Waals surface area contributed by atoms with Crippen molar-refractivity contribution in [1.29, 1.82) is 0 Å². The van der Waals surface area contributed by atoms with Gasteiger partial charge in [-0.05, 0) is 47.7 Å². The van der Waals surface area contributed by atoms with Gasteiger partial charge in [0, 0.05) is 36.6 Å². The van der Waals surface area contributed by atoms with Gasteiger partial charge in [0.25, 0.3) is 0 Å². The fourth-order valence-electron chi connectivity index (χ4n) is 5.28. The topological polar surface area (TPSA) is 38.9 Å². The van der Waals surface area contributed by atoms with Crippen LogP contribution in [0, 0.1) is 25.9 Å². The van der Waals surface area contributed by atoms with Crippen LogP contribution < -0.4 is 0 Å². The quantitative estimate of drug-likeness (QED) is 0.172. The van der Waals surface area contributed by atoms with Crippen LogP contribution in [0.1, 0.15) is 61.6 Å². The van der Waals surface area contributed by atoms with E-state index in [9.17, 15) is 0 Å². The molecule has 1 fully saturated rings. The van der Waals surface area contributed by atoms with Crippen molar-refractivity contribution in [3.05, 3.63) is 120 Å². The zero-order valence-corrected chi connectivity index (χ0v) is 24.6. The summed E-state index contributed by atoms with van der Waals surface area (Å²) in [6, 6.07) is 27.9. The third-order valence-electron chi connectivity index (χ3n) is 7.37. The molecule has 1 aliphatic rings. The number of aryl methyl sites for hydroxylation is 2. The molecule has 0 unspecified atom stereocenters. The number of pyridine rings is 2. The van der Waals surface area contributed by atoms with E-state index < -0.39 is 6.85 Å². The summed E-state index contributed by atoms with van der Waals surface area (Å²) in [5.41, 5.74) is 6.48. The van der Waals surface area contributed by atoms with E-state index in [-0.39, 0.29) is 43.4 Å². The predicted octanol–water partition coefficient (Wildman–Crippen LogP) is 9.66. The first kappa shape index (κ1) is 22.1. The molecular formula is C36H32IrN2O-2. The van der Waals surface area contributed by atoms with Crippen LogP contribution in [0.3, 0.4) is 0 Å². The first-order valence-electron chi connectivity index (χ1n) is 15.9. The van der Waals surface area contributed by atoms with Crippen molar-refractivity contribution in [3.8, 4) is 22.5 Å². The zero-order chi connectivity index (χ0) is 30.8. The maximum atomic E-state index is 8.15. The molecule has 6 aromatic rings. The van der Waals surface area contributed by atoms with E-state index in [0.29, 0.717) is 11.1 Å². The summed E-state index contributed by atoms with van der Waals surface area (Å²) in [6.07, 6.45) is 9.83. The van der Waals surface area contributed by atoms with E-state index in [4.69, 9.17) is 11.3 Å². The summed E-state index contributed by atoms with van der Waals surface area (Å²) in [7, 11) is 0. The Bertz CT molecular complexity index is 1910. The molecule has 4 heteroatoms. The van der Waals surface area contributed by atoms with Crippen LogP contribution in [0.15, 0.2) is 95.6 Å². The fraction of sp³-hybridized carbons (Fsp3) is 0.222. The third-order valence-corrected chi connectivity index (χ3v) is 7.37. The molecule has 0 aliphatic heterocycles. The SMILES string of the molecule is [2H]c1c(C([2H])([2H])[2H])cnc(-c2[c-]cc3c(c2)oc2c(C)cccc23)c1[2H].[Ir].[c-]1cc(C2CCCCC2)ccc1-c1ccccn1. The number of hydrogen-bond donors (Lipinski definition) is 0. The Morgan fingerprint density at radius 3 is 2.52 bits per heavy atom. The molecule has 0 bridgehead atoms. The van der Waals surface area contributed by atoms with Gasteiger partial charge in [0.2, 0.25) is 0 Å². The molecule has 1 aliphatic carbocycles. The summed E-state index contributed by atoms with van der Waals surface area (Å²) in [4.78, 5) is 8.47.